The van der Waals surface area contributed by atoms with Gasteiger partial charge in [-0.05, 0) is 42.5 Å². The van der Waals surface area contributed by atoms with Crippen molar-refractivity contribution in [1.29, 1.82) is 0 Å². The first-order valence-electron chi connectivity index (χ1n) is 5.19. The van der Waals surface area contributed by atoms with Crippen LogP contribution in [0.4, 0.5) is 0 Å². The van der Waals surface area contributed by atoms with E-state index >= 15 is 0 Å². The molecule has 0 fully saturated rings. The molecule has 1 rings (SSSR count). The topological polar surface area (TPSA) is 29.5 Å². The molecule has 2 nitrogen and oxygen atoms in total. The van der Waals surface area contributed by atoms with Gasteiger partial charge in [-0.25, -0.2) is 0 Å². The maximum absolute atomic E-state index is 9.95. The van der Waals surface area contributed by atoms with Gasteiger partial charge in [0.05, 0.1) is 18.2 Å². The number of hydrogen-bond donors (Lipinski definition) is 1. The zero-order chi connectivity index (χ0) is 12.0. The molecule has 1 unspecified atom stereocenters. The molecule has 0 aliphatic carbocycles. The van der Waals surface area contributed by atoms with Crippen molar-refractivity contribution >= 4 is 23.4 Å². The first-order chi connectivity index (χ1) is 7.69. The standard InChI is InChI=1S/C12H17ClO2S/c1-15-12-8-9(5-6-10(12)13)11(14)4-3-7-16-2/h5-6,8,11,14H,3-4,7H2,1-2H3. The molecule has 0 saturated carbocycles. The average molecular weight is 261 g/mol. The molecule has 0 aliphatic rings. The van der Waals surface area contributed by atoms with Crippen molar-refractivity contribution in [2.75, 3.05) is 19.1 Å². The van der Waals surface area contributed by atoms with Gasteiger partial charge < -0.3 is 9.84 Å². The number of ether oxygens (including phenoxy) is 1. The van der Waals surface area contributed by atoms with Crippen LogP contribution in [0.2, 0.25) is 5.02 Å². The zero-order valence-corrected chi connectivity index (χ0v) is 11.1. The second kappa shape index (κ2) is 7.05. The lowest BCUT2D eigenvalue weighted by Crippen LogP contribution is -1.99. The predicted octanol–water partition coefficient (Wildman–Crippen LogP) is 3.53. The largest absolute Gasteiger partial charge is 0.495 e. The number of benzene rings is 1. The fraction of sp³-hybridized carbons (Fsp3) is 0.500. The van der Waals surface area contributed by atoms with E-state index in [1.165, 1.54) is 0 Å². The molecule has 0 bridgehead atoms. The molecule has 1 N–H and O–H groups in total. The lowest BCUT2D eigenvalue weighted by Gasteiger charge is -2.12. The van der Waals surface area contributed by atoms with Crippen LogP contribution in [0.1, 0.15) is 24.5 Å². The summed E-state index contributed by atoms with van der Waals surface area (Å²) in [7, 11) is 1.57. The molecule has 0 aromatic heterocycles. The summed E-state index contributed by atoms with van der Waals surface area (Å²) in [4.78, 5) is 0. The van der Waals surface area contributed by atoms with Gasteiger partial charge in [-0.15, -0.1) is 0 Å². The summed E-state index contributed by atoms with van der Waals surface area (Å²) in [5.74, 6) is 1.69. The van der Waals surface area contributed by atoms with Crippen molar-refractivity contribution in [2.45, 2.75) is 18.9 Å². The second-order valence-corrected chi connectivity index (χ2v) is 4.94. The molecule has 0 radical (unpaired) electrons. The van der Waals surface area contributed by atoms with Crippen molar-refractivity contribution in [2.24, 2.45) is 0 Å². The molecule has 1 atom stereocenters. The first-order valence-corrected chi connectivity index (χ1v) is 6.96. The molecule has 0 spiro atoms. The van der Waals surface area contributed by atoms with Crippen molar-refractivity contribution in [3.8, 4) is 5.75 Å². The number of aliphatic hydroxyl groups excluding tert-OH is 1. The number of halogens is 1. The van der Waals surface area contributed by atoms with Crippen molar-refractivity contribution < 1.29 is 9.84 Å². The maximum Gasteiger partial charge on any atom is 0.137 e. The van der Waals surface area contributed by atoms with Crippen molar-refractivity contribution in [3.63, 3.8) is 0 Å². The second-order valence-electron chi connectivity index (χ2n) is 3.54. The van der Waals surface area contributed by atoms with E-state index in [2.05, 4.69) is 6.26 Å². The van der Waals surface area contributed by atoms with Crippen LogP contribution in [-0.4, -0.2) is 24.2 Å². The lowest BCUT2D eigenvalue weighted by molar-refractivity contribution is 0.166. The van der Waals surface area contributed by atoms with Crippen LogP contribution in [0.15, 0.2) is 18.2 Å². The van der Waals surface area contributed by atoms with E-state index in [4.69, 9.17) is 16.3 Å². The van der Waals surface area contributed by atoms with Crippen LogP contribution in [0, 0.1) is 0 Å². The van der Waals surface area contributed by atoms with Gasteiger partial charge in [-0.3, -0.25) is 0 Å². The summed E-state index contributed by atoms with van der Waals surface area (Å²) in [6.45, 7) is 0. The van der Waals surface area contributed by atoms with E-state index in [1.54, 1.807) is 31.0 Å². The molecular formula is C12H17ClO2S. The molecule has 16 heavy (non-hydrogen) atoms. The minimum atomic E-state index is -0.432. The van der Waals surface area contributed by atoms with Crippen LogP contribution < -0.4 is 4.74 Å². The van der Waals surface area contributed by atoms with Gasteiger partial charge >= 0.3 is 0 Å². The molecule has 0 saturated heterocycles. The normalized spacial score (nSPS) is 12.5. The fourth-order valence-electron chi connectivity index (χ4n) is 1.47. The van der Waals surface area contributed by atoms with Crippen molar-refractivity contribution in [3.05, 3.63) is 28.8 Å². The number of methoxy groups -OCH3 is 1. The molecule has 1 aromatic rings. The Kier molecular flexibility index (Phi) is 6.03. The van der Waals surface area contributed by atoms with Gasteiger partial charge in [0.2, 0.25) is 0 Å². The Morgan fingerprint density at radius 1 is 1.50 bits per heavy atom. The SMILES string of the molecule is COc1cc(C(O)CCCSC)ccc1Cl. The highest BCUT2D eigenvalue weighted by molar-refractivity contribution is 7.98. The van der Waals surface area contributed by atoms with E-state index < -0.39 is 6.10 Å². The first kappa shape index (κ1) is 13.7. The van der Waals surface area contributed by atoms with E-state index in [0.717, 1.165) is 24.2 Å². The molecule has 0 amide bonds. The van der Waals surface area contributed by atoms with E-state index in [9.17, 15) is 5.11 Å². The summed E-state index contributed by atoms with van der Waals surface area (Å²) < 4.78 is 5.11. The van der Waals surface area contributed by atoms with E-state index in [1.807, 2.05) is 6.07 Å². The highest BCUT2D eigenvalue weighted by Crippen LogP contribution is 2.29. The number of thioether (sulfide) groups is 1. The van der Waals surface area contributed by atoms with Gasteiger partial charge in [0.25, 0.3) is 0 Å². The molecule has 0 heterocycles. The molecule has 90 valence electrons. The minimum Gasteiger partial charge on any atom is -0.495 e. The predicted molar refractivity (Wildman–Crippen MR) is 70.6 cm³/mol. The smallest absolute Gasteiger partial charge is 0.137 e. The van der Waals surface area contributed by atoms with Gasteiger partial charge in [0, 0.05) is 0 Å². The lowest BCUT2D eigenvalue weighted by atomic mass is 10.1. The van der Waals surface area contributed by atoms with Crippen LogP contribution in [0.25, 0.3) is 0 Å². The van der Waals surface area contributed by atoms with Gasteiger partial charge in [0.1, 0.15) is 5.75 Å². The quantitative estimate of drug-likeness (QED) is 0.794. The van der Waals surface area contributed by atoms with Gasteiger partial charge in [-0.2, -0.15) is 11.8 Å². The van der Waals surface area contributed by atoms with E-state index in [0.29, 0.717) is 10.8 Å². The molecule has 4 heteroatoms. The number of aliphatic hydroxyl groups is 1. The Balaban J connectivity index is 2.64. The van der Waals surface area contributed by atoms with Gasteiger partial charge in [0.15, 0.2) is 0 Å². The molecular weight excluding hydrogens is 244 g/mol. The third-order valence-electron chi connectivity index (χ3n) is 2.39. The summed E-state index contributed by atoms with van der Waals surface area (Å²) in [6, 6.07) is 5.40. The van der Waals surface area contributed by atoms with Crippen LogP contribution in [0.3, 0.4) is 0 Å². The fourth-order valence-corrected chi connectivity index (χ4v) is 2.12. The van der Waals surface area contributed by atoms with Crippen LogP contribution >= 0.6 is 23.4 Å². The Morgan fingerprint density at radius 3 is 2.88 bits per heavy atom. The maximum atomic E-state index is 9.95. The van der Waals surface area contributed by atoms with Crippen LogP contribution in [-0.2, 0) is 0 Å². The molecule has 1 aromatic carbocycles. The van der Waals surface area contributed by atoms with Crippen LogP contribution in [0.5, 0.6) is 5.75 Å². The third-order valence-corrected chi connectivity index (χ3v) is 3.40. The summed E-state index contributed by atoms with van der Waals surface area (Å²) in [6.07, 6.45) is 3.41. The third kappa shape index (κ3) is 3.89. The summed E-state index contributed by atoms with van der Waals surface area (Å²) in [5, 5.41) is 10.5. The number of hydrogen-bond acceptors (Lipinski definition) is 3. The highest BCUT2D eigenvalue weighted by atomic mass is 35.5. The van der Waals surface area contributed by atoms with Gasteiger partial charge in [-0.1, -0.05) is 17.7 Å². The summed E-state index contributed by atoms with van der Waals surface area (Å²) >= 11 is 7.71. The summed E-state index contributed by atoms with van der Waals surface area (Å²) in [5.41, 5.74) is 0.863. The minimum absolute atomic E-state index is 0.432. The Hall–Kier alpha value is -0.380. The average Bonchev–Trinajstić information content (AvgIpc) is 2.30. The number of rotatable bonds is 6. The Labute approximate surface area is 106 Å². The Morgan fingerprint density at radius 2 is 2.25 bits per heavy atom. The highest BCUT2D eigenvalue weighted by Gasteiger charge is 2.10. The molecule has 0 aliphatic heterocycles. The zero-order valence-electron chi connectivity index (χ0n) is 9.57. The Bertz CT molecular complexity index is 331. The van der Waals surface area contributed by atoms with Crippen molar-refractivity contribution in [1.82, 2.24) is 0 Å². The monoisotopic (exact) mass is 260 g/mol. The van der Waals surface area contributed by atoms with E-state index in [-0.39, 0.29) is 0 Å².